The number of aryl methyl sites for hydroxylation is 1. The monoisotopic (exact) mass is 197 g/mol. The fraction of sp³-hybridized carbons (Fsp3) is 0.556. The van der Waals surface area contributed by atoms with Crippen molar-refractivity contribution in [2.75, 3.05) is 11.9 Å². The lowest BCUT2D eigenvalue weighted by Crippen LogP contribution is -2.21. The van der Waals surface area contributed by atoms with E-state index in [9.17, 15) is 0 Å². The van der Waals surface area contributed by atoms with Gasteiger partial charge in [-0.1, -0.05) is 11.6 Å². The van der Waals surface area contributed by atoms with Gasteiger partial charge in [0.1, 0.15) is 16.8 Å². The third kappa shape index (κ3) is 1.91. The molecule has 4 heteroatoms. The Morgan fingerprint density at radius 2 is 2.15 bits per heavy atom. The zero-order valence-electron chi connectivity index (χ0n) is 7.79. The minimum atomic E-state index is 0.523. The third-order valence-electron chi connectivity index (χ3n) is 2.25. The van der Waals surface area contributed by atoms with Gasteiger partial charge in [-0.2, -0.15) is 0 Å². The van der Waals surface area contributed by atoms with Crippen molar-refractivity contribution in [3.8, 4) is 0 Å². The zero-order valence-corrected chi connectivity index (χ0v) is 8.54. The minimum absolute atomic E-state index is 0.523. The van der Waals surface area contributed by atoms with Crippen LogP contribution in [0.5, 0.6) is 0 Å². The van der Waals surface area contributed by atoms with Gasteiger partial charge in [-0.25, -0.2) is 9.97 Å². The first-order valence-corrected chi connectivity index (χ1v) is 4.78. The van der Waals surface area contributed by atoms with Gasteiger partial charge in [-0.3, -0.25) is 0 Å². The molecule has 1 aliphatic rings. The normalized spacial score (nSPS) is 15.9. The van der Waals surface area contributed by atoms with Gasteiger partial charge in [0, 0.05) is 19.2 Å². The van der Waals surface area contributed by atoms with Gasteiger partial charge in [-0.15, -0.1) is 0 Å². The first kappa shape index (κ1) is 8.75. The van der Waals surface area contributed by atoms with Crippen molar-refractivity contribution in [1.29, 1.82) is 0 Å². The molecule has 70 valence electrons. The molecule has 0 N–H and O–H groups in total. The van der Waals surface area contributed by atoms with Gasteiger partial charge in [-0.05, 0) is 19.8 Å². The van der Waals surface area contributed by atoms with E-state index >= 15 is 0 Å². The molecule has 0 aliphatic heterocycles. The third-order valence-corrected chi connectivity index (χ3v) is 2.44. The summed E-state index contributed by atoms with van der Waals surface area (Å²) in [5.74, 6) is 1.66. The molecule has 1 saturated carbocycles. The highest BCUT2D eigenvalue weighted by atomic mass is 35.5. The second-order valence-corrected chi connectivity index (χ2v) is 3.83. The molecule has 1 aliphatic carbocycles. The Labute approximate surface area is 82.8 Å². The molecule has 0 bridgehead atoms. The quantitative estimate of drug-likeness (QED) is 0.680. The molecular weight excluding hydrogens is 186 g/mol. The molecule has 13 heavy (non-hydrogen) atoms. The molecule has 0 amide bonds. The first-order valence-electron chi connectivity index (χ1n) is 4.41. The van der Waals surface area contributed by atoms with E-state index in [1.807, 2.05) is 13.0 Å². The SMILES string of the molecule is Cc1nc(Cl)cc(N(C)C2CC2)n1. The van der Waals surface area contributed by atoms with Crippen LogP contribution in [0.3, 0.4) is 0 Å². The molecule has 0 saturated heterocycles. The molecule has 2 rings (SSSR count). The first-order chi connectivity index (χ1) is 6.16. The van der Waals surface area contributed by atoms with E-state index in [0.29, 0.717) is 11.2 Å². The largest absolute Gasteiger partial charge is 0.357 e. The van der Waals surface area contributed by atoms with Crippen molar-refractivity contribution < 1.29 is 0 Å². The summed E-state index contributed by atoms with van der Waals surface area (Å²) < 4.78 is 0. The highest BCUT2D eigenvalue weighted by Gasteiger charge is 2.27. The molecule has 1 fully saturated rings. The fourth-order valence-corrected chi connectivity index (χ4v) is 1.57. The Morgan fingerprint density at radius 3 is 2.69 bits per heavy atom. The molecule has 1 heterocycles. The number of halogens is 1. The molecule has 3 nitrogen and oxygen atoms in total. The summed E-state index contributed by atoms with van der Waals surface area (Å²) in [6.45, 7) is 1.86. The predicted molar refractivity (Wildman–Crippen MR) is 53.2 cm³/mol. The van der Waals surface area contributed by atoms with Crippen LogP contribution in [0, 0.1) is 6.92 Å². The minimum Gasteiger partial charge on any atom is -0.357 e. The van der Waals surface area contributed by atoms with Crippen LogP contribution in [0.2, 0.25) is 5.15 Å². The molecule has 0 atom stereocenters. The van der Waals surface area contributed by atoms with E-state index < -0.39 is 0 Å². The second kappa shape index (κ2) is 3.14. The zero-order chi connectivity index (χ0) is 9.42. The summed E-state index contributed by atoms with van der Waals surface area (Å²) in [5.41, 5.74) is 0. The summed E-state index contributed by atoms with van der Waals surface area (Å²) in [5, 5.41) is 0.523. The highest BCUT2D eigenvalue weighted by Crippen LogP contribution is 2.29. The van der Waals surface area contributed by atoms with E-state index in [-0.39, 0.29) is 0 Å². The molecule has 0 unspecified atom stereocenters. The van der Waals surface area contributed by atoms with Crippen LogP contribution in [-0.2, 0) is 0 Å². The van der Waals surface area contributed by atoms with Gasteiger partial charge in [0.2, 0.25) is 0 Å². The van der Waals surface area contributed by atoms with Crippen LogP contribution < -0.4 is 4.90 Å². The van der Waals surface area contributed by atoms with Gasteiger partial charge in [0.05, 0.1) is 0 Å². The van der Waals surface area contributed by atoms with Gasteiger partial charge < -0.3 is 4.90 Å². The Bertz CT molecular complexity index is 302. The Hall–Kier alpha value is -0.830. The van der Waals surface area contributed by atoms with Crippen molar-refractivity contribution in [1.82, 2.24) is 9.97 Å². The van der Waals surface area contributed by atoms with Crippen LogP contribution >= 0.6 is 11.6 Å². The van der Waals surface area contributed by atoms with Crippen molar-refractivity contribution in [3.05, 3.63) is 17.0 Å². The van der Waals surface area contributed by atoms with Crippen LogP contribution in [0.15, 0.2) is 6.07 Å². The van der Waals surface area contributed by atoms with Crippen molar-refractivity contribution >= 4 is 17.4 Å². The van der Waals surface area contributed by atoms with Crippen molar-refractivity contribution in [2.24, 2.45) is 0 Å². The molecule has 0 aromatic carbocycles. The van der Waals surface area contributed by atoms with E-state index in [0.717, 1.165) is 11.6 Å². The summed E-state index contributed by atoms with van der Waals surface area (Å²) in [7, 11) is 2.05. The second-order valence-electron chi connectivity index (χ2n) is 3.44. The summed E-state index contributed by atoms with van der Waals surface area (Å²) in [6, 6.07) is 2.47. The Balaban J connectivity index is 2.27. The lowest BCUT2D eigenvalue weighted by atomic mass is 10.4. The maximum absolute atomic E-state index is 5.84. The number of hydrogen-bond acceptors (Lipinski definition) is 3. The van der Waals surface area contributed by atoms with E-state index in [1.165, 1.54) is 12.8 Å². The molecular formula is C9H12ClN3. The van der Waals surface area contributed by atoms with Gasteiger partial charge in [0.15, 0.2) is 0 Å². The number of anilines is 1. The van der Waals surface area contributed by atoms with Crippen LogP contribution in [0.4, 0.5) is 5.82 Å². The number of hydrogen-bond donors (Lipinski definition) is 0. The maximum Gasteiger partial charge on any atom is 0.134 e. The topological polar surface area (TPSA) is 29.0 Å². The lowest BCUT2D eigenvalue weighted by molar-refractivity contribution is 0.874. The highest BCUT2D eigenvalue weighted by molar-refractivity contribution is 6.29. The smallest absolute Gasteiger partial charge is 0.134 e. The van der Waals surface area contributed by atoms with E-state index in [4.69, 9.17) is 11.6 Å². The van der Waals surface area contributed by atoms with Crippen molar-refractivity contribution in [2.45, 2.75) is 25.8 Å². The number of aromatic nitrogens is 2. The Morgan fingerprint density at radius 1 is 1.46 bits per heavy atom. The van der Waals surface area contributed by atoms with E-state index in [2.05, 4.69) is 21.9 Å². The van der Waals surface area contributed by atoms with Crippen LogP contribution in [0.1, 0.15) is 18.7 Å². The summed E-state index contributed by atoms with van der Waals surface area (Å²) >= 11 is 5.84. The lowest BCUT2D eigenvalue weighted by Gasteiger charge is -2.17. The van der Waals surface area contributed by atoms with Crippen LogP contribution in [-0.4, -0.2) is 23.1 Å². The molecule has 1 aromatic heterocycles. The van der Waals surface area contributed by atoms with Crippen LogP contribution in [0.25, 0.3) is 0 Å². The molecule has 0 spiro atoms. The van der Waals surface area contributed by atoms with Crippen molar-refractivity contribution in [3.63, 3.8) is 0 Å². The average Bonchev–Trinajstić information content (AvgIpc) is 2.83. The standard InChI is InChI=1S/C9H12ClN3/c1-6-11-8(10)5-9(12-6)13(2)7-3-4-7/h5,7H,3-4H2,1-2H3. The van der Waals surface area contributed by atoms with E-state index in [1.54, 1.807) is 0 Å². The summed E-state index contributed by atoms with van der Waals surface area (Å²) in [4.78, 5) is 10.5. The predicted octanol–water partition coefficient (Wildman–Crippen LogP) is 2.04. The summed E-state index contributed by atoms with van der Waals surface area (Å²) in [6.07, 6.45) is 2.52. The average molecular weight is 198 g/mol. The van der Waals surface area contributed by atoms with Gasteiger partial charge >= 0.3 is 0 Å². The van der Waals surface area contributed by atoms with Gasteiger partial charge in [0.25, 0.3) is 0 Å². The molecule has 1 aromatic rings. The fourth-order valence-electron chi connectivity index (χ4n) is 1.35. The maximum atomic E-state index is 5.84. The number of nitrogens with zero attached hydrogens (tertiary/aromatic N) is 3. The Kier molecular flexibility index (Phi) is 2.12. The molecule has 0 radical (unpaired) electrons. The number of rotatable bonds is 2.